The molecular weight excluding hydrogens is 259 g/mol. The molecule has 6 heteroatoms. The van der Waals surface area contributed by atoms with Crippen molar-refractivity contribution in [2.75, 3.05) is 13.1 Å². The monoisotopic (exact) mass is 273 g/mol. The van der Waals surface area contributed by atoms with Gasteiger partial charge in [-0.3, -0.25) is 4.79 Å². The fourth-order valence-electron chi connectivity index (χ4n) is 2.10. The van der Waals surface area contributed by atoms with E-state index in [0.717, 1.165) is 5.56 Å². The van der Waals surface area contributed by atoms with Gasteiger partial charge in [0.05, 0.1) is 0 Å². The molecule has 1 heterocycles. The lowest BCUT2D eigenvalue weighted by molar-refractivity contribution is -0.274. The first-order valence-electron chi connectivity index (χ1n) is 6.02. The quantitative estimate of drug-likeness (QED) is 0.918. The van der Waals surface area contributed by atoms with Gasteiger partial charge in [-0.15, -0.1) is 13.2 Å². The van der Waals surface area contributed by atoms with Crippen LogP contribution in [0.15, 0.2) is 24.3 Å². The number of piperidine rings is 1. The third kappa shape index (κ3) is 4.24. The predicted octanol–water partition coefficient (Wildman–Crippen LogP) is 2.31. The minimum Gasteiger partial charge on any atom is -0.406 e. The third-order valence-corrected chi connectivity index (χ3v) is 3.03. The molecule has 0 bridgehead atoms. The van der Waals surface area contributed by atoms with E-state index in [4.69, 9.17) is 0 Å². The molecule has 0 amide bonds. The topological polar surface area (TPSA) is 38.3 Å². The highest BCUT2D eigenvalue weighted by Crippen LogP contribution is 2.23. The Morgan fingerprint density at radius 2 is 1.95 bits per heavy atom. The number of alkyl halides is 3. The van der Waals surface area contributed by atoms with Crippen molar-refractivity contribution in [2.24, 2.45) is 5.92 Å². The Balaban J connectivity index is 1.96. The highest BCUT2D eigenvalue weighted by molar-refractivity contribution is 5.82. The first kappa shape index (κ1) is 13.9. The maximum absolute atomic E-state index is 12.0. The maximum Gasteiger partial charge on any atom is 0.573 e. The lowest BCUT2D eigenvalue weighted by atomic mass is 9.91. The maximum atomic E-state index is 12.0. The Kier molecular flexibility index (Phi) is 4.09. The molecule has 0 spiro atoms. The number of ketones is 1. The van der Waals surface area contributed by atoms with Crippen LogP contribution in [0.3, 0.4) is 0 Å². The molecule has 1 saturated heterocycles. The normalized spacial score (nSPS) is 20.4. The van der Waals surface area contributed by atoms with E-state index >= 15 is 0 Å². The molecule has 0 saturated carbocycles. The van der Waals surface area contributed by atoms with Crippen LogP contribution in [0.1, 0.15) is 12.0 Å². The number of benzene rings is 1. The van der Waals surface area contributed by atoms with Gasteiger partial charge in [0, 0.05) is 25.4 Å². The van der Waals surface area contributed by atoms with E-state index in [1.165, 1.54) is 12.1 Å². The molecule has 19 heavy (non-hydrogen) atoms. The summed E-state index contributed by atoms with van der Waals surface area (Å²) in [5.41, 5.74) is 0.830. The predicted molar refractivity (Wildman–Crippen MR) is 62.8 cm³/mol. The molecule has 2 rings (SSSR count). The van der Waals surface area contributed by atoms with Gasteiger partial charge < -0.3 is 10.1 Å². The number of Topliss-reactive ketones (excluding diaryl/α,β-unsaturated/α-hetero) is 1. The Morgan fingerprint density at radius 1 is 1.26 bits per heavy atom. The van der Waals surface area contributed by atoms with Crippen molar-refractivity contribution < 1.29 is 22.7 Å². The number of halogens is 3. The summed E-state index contributed by atoms with van der Waals surface area (Å²) in [6.45, 7) is 1.33. The fraction of sp³-hybridized carbons (Fsp3) is 0.462. The zero-order valence-corrected chi connectivity index (χ0v) is 10.2. The molecule has 1 fully saturated rings. The van der Waals surface area contributed by atoms with Crippen LogP contribution < -0.4 is 10.1 Å². The zero-order chi connectivity index (χ0) is 13.9. The van der Waals surface area contributed by atoms with Crippen LogP contribution in [0.25, 0.3) is 0 Å². The number of ether oxygens (including phenoxy) is 1. The van der Waals surface area contributed by atoms with Crippen molar-refractivity contribution in [3.05, 3.63) is 29.8 Å². The smallest absolute Gasteiger partial charge is 0.406 e. The highest BCUT2D eigenvalue weighted by atomic mass is 19.4. The van der Waals surface area contributed by atoms with Crippen molar-refractivity contribution in [2.45, 2.75) is 19.2 Å². The average Bonchev–Trinajstić information content (AvgIpc) is 2.33. The SMILES string of the molecule is O=C1CCNCC1Cc1ccc(OC(F)(F)F)cc1. The second-order valence-corrected chi connectivity index (χ2v) is 4.51. The summed E-state index contributed by atoms with van der Waals surface area (Å²) in [4.78, 5) is 11.6. The van der Waals surface area contributed by atoms with Crippen LogP contribution in [0.4, 0.5) is 13.2 Å². The summed E-state index contributed by atoms with van der Waals surface area (Å²) in [5.74, 6) is -0.137. The second kappa shape index (κ2) is 5.61. The van der Waals surface area contributed by atoms with Crippen LogP contribution >= 0.6 is 0 Å². The molecule has 3 nitrogen and oxygen atoms in total. The minimum absolute atomic E-state index is 0.0943. The zero-order valence-electron chi connectivity index (χ0n) is 10.2. The Labute approximate surface area is 108 Å². The molecule has 0 aromatic heterocycles. The van der Waals surface area contributed by atoms with Crippen molar-refractivity contribution in [1.82, 2.24) is 5.32 Å². The molecule has 1 aromatic carbocycles. The van der Waals surface area contributed by atoms with Gasteiger partial charge in [-0.2, -0.15) is 0 Å². The summed E-state index contributed by atoms with van der Waals surface area (Å²) >= 11 is 0. The largest absolute Gasteiger partial charge is 0.573 e. The number of rotatable bonds is 3. The van der Waals surface area contributed by atoms with Crippen molar-refractivity contribution in [3.8, 4) is 5.75 Å². The van der Waals surface area contributed by atoms with Crippen LogP contribution in [0.2, 0.25) is 0 Å². The minimum atomic E-state index is -4.68. The lowest BCUT2D eigenvalue weighted by Crippen LogP contribution is -2.37. The molecule has 0 aliphatic carbocycles. The van der Waals surface area contributed by atoms with Crippen LogP contribution in [-0.4, -0.2) is 25.2 Å². The number of carbonyl (C=O) groups excluding carboxylic acids is 1. The van der Waals surface area contributed by atoms with E-state index in [0.29, 0.717) is 25.9 Å². The summed E-state index contributed by atoms with van der Waals surface area (Å²) in [7, 11) is 0. The van der Waals surface area contributed by atoms with Gasteiger partial charge in [0.2, 0.25) is 0 Å². The standard InChI is InChI=1S/C13H14F3NO2/c14-13(15,16)19-11-3-1-9(2-4-11)7-10-8-17-6-5-12(10)18/h1-4,10,17H,5-8H2. The van der Waals surface area contributed by atoms with E-state index in [1.54, 1.807) is 12.1 Å². The van der Waals surface area contributed by atoms with Gasteiger partial charge in [0.25, 0.3) is 0 Å². The number of hydrogen-bond donors (Lipinski definition) is 1. The molecule has 1 atom stereocenters. The Hall–Kier alpha value is -1.56. The van der Waals surface area contributed by atoms with E-state index < -0.39 is 6.36 Å². The number of nitrogens with one attached hydrogen (secondary N) is 1. The first-order valence-corrected chi connectivity index (χ1v) is 6.02. The molecule has 1 aliphatic rings. The molecule has 0 radical (unpaired) electrons. The number of hydrogen-bond acceptors (Lipinski definition) is 3. The van der Waals surface area contributed by atoms with Crippen molar-refractivity contribution in [1.29, 1.82) is 0 Å². The molecule has 104 valence electrons. The molecule has 1 N–H and O–H groups in total. The van der Waals surface area contributed by atoms with Crippen LogP contribution in [0, 0.1) is 5.92 Å². The van der Waals surface area contributed by atoms with Gasteiger partial charge in [-0.05, 0) is 24.1 Å². The molecule has 1 unspecified atom stereocenters. The summed E-state index contributed by atoms with van der Waals surface area (Å²) in [5, 5.41) is 3.13. The van der Waals surface area contributed by atoms with E-state index in [2.05, 4.69) is 10.1 Å². The van der Waals surface area contributed by atoms with Gasteiger partial charge >= 0.3 is 6.36 Å². The summed E-state index contributed by atoms with van der Waals surface area (Å²) < 4.78 is 39.8. The molecule has 1 aliphatic heterocycles. The molecular formula is C13H14F3NO2. The summed E-state index contributed by atoms with van der Waals surface area (Å²) in [6, 6.07) is 5.65. The average molecular weight is 273 g/mol. The highest BCUT2D eigenvalue weighted by Gasteiger charge is 2.31. The van der Waals surface area contributed by atoms with Gasteiger partial charge in [-0.1, -0.05) is 12.1 Å². The second-order valence-electron chi connectivity index (χ2n) is 4.51. The van der Waals surface area contributed by atoms with E-state index in [-0.39, 0.29) is 17.5 Å². The van der Waals surface area contributed by atoms with Gasteiger partial charge in [0.1, 0.15) is 11.5 Å². The van der Waals surface area contributed by atoms with Gasteiger partial charge in [0.15, 0.2) is 0 Å². The van der Waals surface area contributed by atoms with E-state index in [1.807, 2.05) is 0 Å². The Bertz CT molecular complexity index is 442. The summed E-state index contributed by atoms with van der Waals surface area (Å²) in [6.07, 6.45) is -3.62. The van der Waals surface area contributed by atoms with E-state index in [9.17, 15) is 18.0 Å². The van der Waals surface area contributed by atoms with Gasteiger partial charge in [-0.25, -0.2) is 0 Å². The Morgan fingerprint density at radius 3 is 2.53 bits per heavy atom. The first-order chi connectivity index (χ1) is 8.94. The lowest BCUT2D eigenvalue weighted by Gasteiger charge is -2.21. The fourth-order valence-corrected chi connectivity index (χ4v) is 2.10. The van der Waals surface area contributed by atoms with Crippen molar-refractivity contribution in [3.63, 3.8) is 0 Å². The third-order valence-electron chi connectivity index (χ3n) is 3.03. The van der Waals surface area contributed by atoms with Crippen molar-refractivity contribution >= 4 is 5.78 Å². The van der Waals surface area contributed by atoms with Crippen LogP contribution in [-0.2, 0) is 11.2 Å². The number of carbonyl (C=O) groups is 1. The van der Waals surface area contributed by atoms with Crippen LogP contribution in [0.5, 0.6) is 5.75 Å². The molecule has 1 aromatic rings.